The van der Waals surface area contributed by atoms with Gasteiger partial charge in [-0.15, -0.1) is 0 Å². The van der Waals surface area contributed by atoms with Gasteiger partial charge in [0, 0.05) is 17.8 Å². The summed E-state index contributed by atoms with van der Waals surface area (Å²) >= 11 is 11.9. The molecule has 2 aromatic rings. The van der Waals surface area contributed by atoms with Crippen LogP contribution in [-0.2, 0) is 0 Å². The molecule has 0 aliphatic rings. The third-order valence-electron chi connectivity index (χ3n) is 2.47. The van der Waals surface area contributed by atoms with E-state index in [0.29, 0.717) is 15.6 Å². The number of nitro groups is 1. The SMILES string of the molecule is O=[N+]([O-])c1cc(N=Cc2c(Cl)cccc2Cl)ccc1F. The fraction of sp³-hybridized carbons (Fsp3) is 0. The minimum atomic E-state index is -0.912. The standard InChI is InChI=1S/C13H7Cl2FN2O2/c14-10-2-1-3-11(15)9(10)7-17-8-4-5-12(16)13(6-8)18(19)20/h1-7H. The van der Waals surface area contributed by atoms with Crippen molar-refractivity contribution in [3.8, 4) is 0 Å². The molecule has 0 aliphatic heterocycles. The Kier molecular flexibility index (Phi) is 4.32. The Morgan fingerprint density at radius 3 is 2.45 bits per heavy atom. The summed E-state index contributed by atoms with van der Waals surface area (Å²) in [6, 6.07) is 8.31. The van der Waals surface area contributed by atoms with Gasteiger partial charge >= 0.3 is 5.69 Å². The van der Waals surface area contributed by atoms with Crippen molar-refractivity contribution in [2.24, 2.45) is 4.99 Å². The van der Waals surface area contributed by atoms with E-state index in [1.54, 1.807) is 18.2 Å². The van der Waals surface area contributed by atoms with Gasteiger partial charge < -0.3 is 0 Å². The Morgan fingerprint density at radius 2 is 1.85 bits per heavy atom. The van der Waals surface area contributed by atoms with Crippen molar-refractivity contribution < 1.29 is 9.31 Å². The largest absolute Gasteiger partial charge is 0.306 e. The number of hydrogen-bond donors (Lipinski definition) is 0. The Hall–Kier alpha value is -1.98. The van der Waals surface area contributed by atoms with Gasteiger partial charge in [-0.3, -0.25) is 15.1 Å². The van der Waals surface area contributed by atoms with Crippen LogP contribution in [0.4, 0.5) is 15.8 Å². The monoisotopic (exact) mass is 312 g/mol. The maximum absolute atomic E-state index is 13.2. The van der Waals surface area contributed by atoms with Crippen molar-refractivity contribution in [2.75, 3.05) is 0 Å². The second kappa shape index (κ2) is 5.98. The lowest BCUT2D eigenvalue weighted by atomic mass is 10.2. The van der Waals surface area contributed by atoms with Crippen LogP contribution < -0.4 is 0 Å². The number of aliphatic imine (C=N–C) groups is 1. The molecule has 0 saturated carbocycles. The molecular formula is C13H7Cl2FN2O2. The molecule has 0 bridgehead atoms. The molecule has 0 unspecified atom stereocenters. The Morgan fingerprint density at radius 1 is 1.20 bits per heavy atom. The first-order chi connectivity index (χ1) is 9.49. The zero-order chi connectivity index (χ0) is 14.7. The van der Waals surface area contributed by atoms with Gasteiger partial charge in [-0.05, 0) is 24.3 Å². The molecule has 2 rings (SSSR count). The summed E-state index contributed by atoms with van der Waals surface area (Å²) in [7, 11) is 0. The van der Waals surface area contributed by atoms with E-state index in [2.05, 4.69) is 4.99 Å². The highest BCUT2D eigenvalue weighted by Crippen LogP contribution is 2.26. The van der Waals surface area contributed by atoms with E-state index in [1.807, 2.05) is 0 Å². The van der Waals surface area contributed by atoms with E-state index in [-0.39, 0.29) is 5.69 Å². The minimum Gasteiger partial charge on any atom is -0.258 e. The zero-order valence-electron chi connectivity index (χ0n) is 9.89. The van der Waals surface area contributed by atoms with E-state index in [4.69, 9.17) is 23.2 Å². The van der Waals surface area contributed by atoms with Gasteiger partial charge in [0.25, 0.3) is 0 Å². The zero-order valence-corrected chi connectivity index (χ0v) is 11.4. The smallest absolute Gasteiger partial charge is 0.258 e. The summed E-state index contributed by atoms with van der Waals surface area (Å²) in [5.41, 5.74) is 0.0850. The molecule has 0 heterocycles. The number of benzene rings is 2. The number of rotatable bonds is 3. The molecule has 2 aromatic carbocycles. The van der Waals surface area contributed by atoms with Gasteiger partial charge in [0.1, 0.15) is 0 Å². The molecule has 4 nitrogen and oxygen atoms in total. The number of nitro benzene ring substituents is 1. The fourth-order valence-electron chi connectivity index (χ4n) is 1.49. The molecule has 0 aromatic heterocycles. The summed E-state index contributed by atoms with van der Waals surface area (Å²) < 4.78 is 13.2. The molecule has 7 heteroatoms. The molecule has 0 spiro atoms. The maximum Gasteiger partial charge on any atom is 0.306 e. The quantitative estimate of drug-likeness (QED) is 0.464. The molecule has 0 fully saturated rings. The first-order valence-electron chi connectivity index (χ1n) is 5.41. The van der Waals surface area contributed by atoms with Crippen LogP contribution in [0.25, 0.3) is 0 Å². The van der Waals surface area contributed by atoms with Crippen LogP contribution in [0.3, 0.4) is 0 Å². The summed E-state index contributed by atoms with van der Waals surface area (Å²) in [6.45, 7) is 0. The number of hydrogen-bond acceptors (Lipinski definition) is 3. The normalized spacial score (nSPS) is 10.9. The molecule has 0 atom stereocenters. The lowest BCUT2D eigenvalue weighted by Crippen LogP contribution is -1.91. The van der Waals surface area contributed by atoms with E-state index >= 15 is 0 Å². The molecule has 0 N–H and O–H groups in total. The lowest BCUT2D eigenvalue weighted by molar-refractivity contribution is -0.387. The Bertz CT molecular complexity index is 685. The molecular weight excluding hydrogens is 306 g/mol. The average Bonchev–Trinajstić information content (AvgIpc) is 2.39. The maximum atomic E-state index is 13.2. The van der Waals surface area contributed by atoms with Crippen LogP contribution in [0, 0.1) is 15.9 Å². The highest BCUT2D eigenvalue weighted by Gasteiger charge is 2.13. The molecule has 0 radical (unpaired) electrons. The second-order valence-corrected chi connectivity index (χ2v) is 4.60. The number of nitrogens with zero attached hydrogens (tertiary/aromatic N) is 2. The molecule has 0 saturated heterocycles. The minimum absolute atomic E-state index is 0.231. The summed E-state index contributed by atoms with van der Waals surface area (Å²) in [4.78, 5) is 13.8. The lowest BCUT2D eigenvalue weighted by Gasteiger charge is -2.00. The first-order valence-corrected chi connectivity index (χ1v) is 6.16. The van der Waals surface area contributed by atoms with Crippen molar-refractivity contribution in [2.45, 2.75) is 0 Å². The Balaban J connectivity index is 2.37. The Labute approximate surface area is 123 Å². The topological polar surface area (TPSA) is 55.5 Å². The van der Waals surface area contributed by atoms with Crippen LogP contribution in [-0.4, -0.2) is 11.1 Å². The predicted molar refractivity (Wildman–Crippen MR) is 76.8 cm³/mol. The van der Waals surface area contributed by atoms with Crippen molar-refractivity contribution in [1.29, 1.82) is 0 Å². The van der Waals surface area contributed by atoms with E-state index in [9.17, 15) is 14.5 Å². The van der Waals surface area contributed by atoms with Gasteiger partial charge in [0.05, 0.1) is 20.7 Å². The van der Waals surface area contributed by atoms with Crippen LogP contribution in [0.2, 0.25) is 10.0 Å². The average molecular weight is 313 g/mol. The van der Waals surface area contributed by atoms with Crippen molar-refractivity contribution in [1.82, 2.24) is 0 Å². The van der Waals surface area contributed by atoms with Crippen LogP contribution in [0.1, 0.15) is 5.56 Å². The van der Waals surface area contributed by atoms with E-state index < -0.39 is 16.4 Å². The van der Waals surface area contributed by atoms with E-state index in [0.717, 1.165) is 12.1 Å². The summed E-state index contributed by atoms with van der Waals surface area (Å²) in [6.07, 6.45) is 1.38. The predicted octanol–water partition coefficient (Wildman–Crippen LogP) is 4.79. The molecule has 0 aliphatic carbocycles. The fourth-order valence-corrected chi connectivity index (χ4v) is 1.99. The van der Waals surface area contributed by atoms with Crippen molar-refractivity contribution in [3.63, 3.8) is 0 Å². The summed E-state index contributed by atoms with van der Waals surface area (Å²) in [5.74, 6) is -0.912. The third kappa shape index (κ3) is 3.12. The van der Waals surface area contributed by atoms with Crippen LogP contribution in [0.15, 0.2) is 41.4 Å². The highest BCUT2D eigenvalue weighted by atomic mass is 35.5. The van der Waals surface area contributed by atoms with Crippen molar-refractivity contribution >= 4 is 40.8 Å². The van der Waals surface area contributed by atoms with Crippen molar-refractivity contribution in [3.05, 3.63) is 67.9 Å². The van der Waals surface area contributed by atoms with Crippen LogP contribution in [0.5, 0.6) is 0 Å². The number of halogens is 3. The molecule has 0 amide bonds. The van der Waals surface area contributed by atoms with Gasteiger partial charge in [-0.2, -0.15) is 4.39 Å². The van der Waals surface area contributed by atoms with Gasteiger partial charge in [-0.25, -0.2) is 0 Å². The summed E-state index contributed by atoms with van der Waals surface area (Å²) in [5, 5.41) is 11.4. The van der Waals surface area contributed by atoms with Gasteiger partial charge in [0.15, 0.2) is 0 Å². The van der Waals surface area contributed by atoms with Gasteiger partial charge in [-0.1, -0.05) is 29.3 Å². The van der Waals surface area contributed by atoms with Gasteiger partial charge in [0.2, 0.25) is 5.82 Å². The first kappa shape index (κ1) is 14.4. The highest BCUT2D eigenvalue weighted by molar-refractivity contribution is 6.38. The van der Waals surface area contributed by atoms with Crippen LogP contribution >= 0.6 is 23.2 Å². The molecule has 20 heavy (non-hydrogen) atoms. The second-order valence-electron chi connectivity index (χ2n) is 3.79. The molecule has 102 valence electrons. The van der Waals surface area contributed by atoms with E-state index in [1.165, 1.54) is 12.3 Å². The third-order valence-corrected chi connectivity index (χ3v) is 3.13.